The maximum atomic E-state index is 14.2. The molecule has 2 aromatic rings. The molecule has 20 heavy (non-hydrogen) atoms. The molecule has 0 radical (unpaired) electrons. The number of aryl methyl sites for hydroxylation is 2. The van der Waals surface area contributed by atoms with E-state index in [1.807, 2.05) is 6.92 Å². The van der Waals surface area contributed by atoms with Gasteiger partial charge in [0.2, 0.25) is 0 Å². The number of hydrazine groups is 1. The lowest BCUT2D eigenvalue weighted by atomic mass is 9.95. The molecule has 0 aliphatic heterocycles. The number of hydrogen-bond donors (Lipinski definition) is 2. The summed E-state index contributed by atoms with van der Waals surface area (Å²) in [6, 6.07) is 1.71. The smallest absolute Gasteiger partial charge is 0.145 e. The van der Waals surface area contributed by atoms with E-state index in [1.165, 1.54) is 12.1 Å². The zero-order valence-corrected chi connectivity index (χ0v) is 12.9. The first-order valence-electron chi connectivity index (χ1n) is 6.04. The van der Waals surface area contributed by atoms with Crippen LogP contribution in [0, 0.1) is 32.4 Å². The van der Waals surface area contributed by atoms with Gasteiger partial charge in [-0.2, -0.15) is 0 Å². The lowest BCUT2D eigenvalue weighted by molar-refractivity contribution is 0.481. The quantitative estimate of drug-likeness (QED) is 0.505. The normalized spacial score (nSPS) is 12.8. The Hall–Kier alpha value is -1.24. The first-order valence-corrected chi connectivity index (χ1v) is 6.83. The van der Waals surface area contributed by atoms with Gasteiger partial charge >= 0.3 is 0 Å². The van der Waals surface area contributed by atoms with Crippen LogP contribution >= 0.6 is 15.9 Å². The first kappa shape index (κ1) is 15.2. The van der Waals surface area contributed by atoms with Gasteiger partial charge in [0.1, 0.15) is 23.2 Å². The molecule has 0 saturated carbocycles. The maximum Gasteiger partial charge on any atom is 0.145 e. The van der Waals surface area contributed by atoms with Crippen LogP contribution < -0.4 is 11.3 Å². The zero-order valence-electron chi connectivity index (χ0n) is 11.4. The molecular weight excluding hydrogens is 330 g/mol. The Morgan fingerprint density at radius 3 is 2.30 bits per heavy atom. The van der Waals surface area contributed by atoms with E-state index in [2.05, 4.69) is 21.4 Å². The van der Waals surface area contributed by atoms with Crippen molar-refractivity contribution >= 4 is 15.9 Å². The third-order valence-corrected chi connectivity index (χ3v) is 4.05. The number of hydrogen-bond acceptors (Lipinski definition) is 3. The zero-order chi connectivity index (χ0) is 15.0. The molecule has 108 valence electrons. The fraction of sp³-hybridized carbons (Fsp3) is 0.286. The molecule has 0 aliphatic carbocycles. The van der Waals surface area contributed by atoms with E-state index in [0.717, 1.165) is 5.56 Å². The average Bonchev–Trinajstić information content (AvgIpc) is 2.65. The molecule has 3 N–H and O–H groups in total. The summed E-state index contributed by atoms with van der Waals surface area (Å²) in [5.41, 5.74) is 3.82. The van der Waals surface area contributed by atoms with Gasteiger partial charge in [0.05, 0.1) is 10.5 Å². The summed E-state index contributed by atoms with van der Waals surface area (Å²) in [4.78, 5) is 0. The van der Waals surface area contributed by atoms with Crippen molar-refractivity contribution in [1.82, 2.24) is 5.43 Å². The summed E-state index contributed by atoms with van der Waals surface area (Å²) in [7, 11) is 0. The van der Waals surface area contributed by atoms with Crippen molar-refractivity contribution in [2.24, 2.45) is 5.84 Å². The molecular formula is C14H15BrF2N2O. The molecule has 0 aliphatic rings. The summed E-state index contributed by atoms with van der Waals surface area (Å²) in [5, 5.41) is 0. The highest BCUT2D eigenvalue weighted by Gasteiger charge is 2.27. The van der Waals surface area contributed by atoms with Gasteiger partial charge in [0.15, 0.2) is 0 Å². The van der Waals surface area contributed by atoms with Crippen LogP contribution in [0.1, 0.15) is 34.3 Å². The lowest BCUT2D eigenvalue weighted by Gasteiger charge is -2.19. The summed E-state index contributed by atoms with van der Waals surface area (Å²) in [5.74, 6) is 5.48. The summed E-state index contributed by atoms with van der Waals surface area (Å²) >= 11 is 3.06. The van der Waals surface area contributed by atoms with E-state index < -0.39 is 17.7 Å². The van der Waals surface area contributed by atoms with Crippen LogP contribution in [0.15, 0.2) is 21.0 Å². The van der Waals surface area contributed by atoms with Crippen LogP contribution in [-0.2, 0) is 0 Å². The fourth-order valence-electron chi connectivity index (χ4n) is 2.35. The molecule has 0 bridgehead atoms. The third kappa shape index (κ3) is 2.39. The molecule has 1 atom stereocenters. The predicted octanol–water partition coefficient (Wildman–Crippen LogP) is 3.80. The van der Waals surface area contributed by atoms with Gasteiger partial charge in [0.25, 0.3) is 0 Å². The monoisotopic (exact) mass is 344 g/mol. The van der Waals surface area contributed by atoms with Crippen molar-refractivity contribution in [2.45, 2.75) is 26.8 Å². The Bertz CT molecular complexity index is 655. The Labute approximate surface area is 124 Å². The molecule has 1 aromatic carbocycles. The molecule has 1 aromatic heterocycles. The van der Waals surface area contributed by atoms with Crippen LogP contribution in [-0.4, -0.2) is 0 Å². The van der Waals surface area contributed by atoms with Crippen molar-refractivity contribution in [2.75, 3.05) is 0 Å². The highest BCUT2D eigenvalue weighted by molar-refractivity contribution is 9.10. The Balaban J connectivity index is 2.68. The van der Waals surface area contributed by atoms with E-state index in [1.54, 1.807) is 13.8 Å². The Kier molecular flexibility index (Phi) is 4.27. The van der Waals surface area contributed by atoms with Gasteiger partial charge in [-0.3, -0.25) is 5.84 Å². The second-order valence-corrected chi connectivity index (χ2v) is 5.46. The molecule has 3 nitrogen and oxygen atoms in total. The van der Waals surface area contributed by atoms with Crippen LogP contribution in [0.3, 0.4) is 0 Å². The Morgan fingerprint density at radius 1 is 1.15 bits per heavy atom. The van der Waals surface area contributed by atoms with Gasteiger partial charge in [-0.05, 0) is 54.4 Å². The van der Waals surface area contributed by atoms with E-state index >= 15 is 0 Å². The van der Waals surface area contributed by atoms with Crippen molar-refractivity contribution < 1.29 is 13.2 Å². The van der Waals surface area contributed by atoms with E-state index in [4.69, 9.17) is 10.3 Å². The second-order valence-electron chi connectivity index (χ2n) is 4.61. The minimum absolute atomic E-state index is 0.131. The summed E-state index contributed by atoms with van der Waals surface area (Å²) in [6.45, 7) is 5.37. The number of benzene rings is 1. The maximum absolute atomic E-state index is 14.2. The minimum Gasteiger partial charge on any atom is -0.466 e. The topological polar surface area (TPSA) is 51.2 Å². The van der Waals surface area contributed by atoms with Crippen LogP contribution in [0.2, 0.25) is 0 Å². The second kappa shape index (κ2) is 5.63. The van der Waals surface area contributed by atoms with Crippen LogP contribution in [0.4, 0.5) is 8.78 Å². The number of rotatable bonds is 3. The van der Waals surface area contributed by atoms with Crippen molar-refractivity contribution in [1.29, 1.82) is 0 Å². The molecule has 2 rings (SSSR count). The third-order valence-electron chi connectivity index (χ3n) is 3.44. The van der Waals surface area contributed by atoms with Crippen molar-refractivity contribution in [3.63, 3.8) is 0 Å². The minimum atomic E-state index is -0.815. The molecule has 0 saturated heterocycles. The number of nitrogens with two attached hydrogens (primary N) is 1. The molecule has 1 unspecified atom stereocenters. The molecule has 0 fully saturated rings. The van der Waals surface area contributed by atoms with Gasteiger partial charge < -0.3 is 4.42 Å². The molecule has 6 heteroatoms. The summed E-state index contributed by atoms with van der Waals surface area (Å²) in [6.07, 6.45) is 0. The van der Waals surface area contributed by atoms with E-state index in [0.29, 0.717) is 17.1 Å². The summed E-state index contributed by atoms with van der Waals surface area (Å²) < 4.78 is 34.0. The number of halogens is 3. The van der Waals surface area contributed by atoms with Crippen LogP contribution in [0.5, 0.6) is 0 Å². The standard InChI is InChI=1S/C14H15BrF2N2O/c1-6-7(2)20-8(3)11(6)14(19-18)12-10(16)5-4-9(15)13(12)17/h4-5,14,19H,18H2,1-3H3. The highest BCUT2D eigenvalue weighted by Crippen LogP contribution is 2.35. The number of nitrogens with one attached hydrogen (secondary N) is 1. The van der Waals surface area contributed by atoms with Crippen LogP contribution in [0.25, 0.3) is 0 Å². The number of furan rings is 1. The van der Waals surface area contributed by atoms with E-state index in [9.17, 15) is 8.78 Å². The lowest BCUT2D eigenvalue weighted by Crippen LogP contribution is -2.31. The predicted molar refractivity (Wildman–Crippen MR) is 76.1 cm³/mol. The van der Waals surface area contributed by atoms with Crippen molar-refractivity contribution in [3.05, 3.63) is 56.5 Å². The van der Waals surface area contributed by atoms with E-state index in [-0.39, 0.29) is 10.0 Å². The fourth-order valence-corrected chi connectivity index (χ4v) is 2.70. The SMILES string of the molecule is Cc1oc(C)c(C(NN)c2c(F)ccc(Br)c2F)c1C. The molecule has 0 amide bonds. The van der Waals surface area contributed by atoms with Gasteiger partial charge in [-0.25, -0.2) is 14.2 Å². The Morgan fingerprint density at radius 2 is 1.80 bits per heavy atom. The van der Waals surface area contributed by atoms with Crippen molar-refractivity contribution in [3.8, 4) is 0 Å². The molecule has 0 spiro atoms. The average molecular weight is 345 g/mol. The first-order chi connectivity index (χ1) is 9.38. The van der Waals surface area contributed by atoms with Gasteiger partial charge in [-0.15, -0.1) is 0 Å². The highest BCUT2D eigenvalue weighted by atomic mass is 79.9. The largest absolute Gasteiger partial charge is 0.466 e. The van der Waals surface area contributed by atoms with Gasteiger partial charge in [0, 0.05) is 11.1 Å². The van der Waals surface area contributed by atoms with Gasteiger partial charge in [-0.1, -0.05) is 0 Å². The molecule has 1 heterocycles.